The third-order valence-electron chi connectivity index (χ3n) is 2.48. The van der Waals surface area contributed by atoms with Gasteiger partial charge in [-0.2, -0.15) is 0 Å². The molecule has 0 aromatic rings. The highest BCUT2D eigenvalue weighted by Crippen LogP contribution is 2.27. The molecule has 1 saturated heterocycles. The Labute approximate surface area is 106 Å². The highest BCUT2D eigenvalue weighted by molar-refractivity contribution is 5.69. The Kier molecular flexibility index (Phi) is 4.16. The molecule has 0 aliphatic carbocycles. The minimum absolute atomic E-state index is 0.205. The van der Waals surface area contributed by atoms with Gasteiger partial charge in [0, 0.05) is 11.5 Å². The van der Waals surface area contributed by atoms with E-state index in [1.807, 2.05) is 0 Å². The van der Waals surface area contributed by atoms with Gasteiger partial charge < -0.3 is 14.4 Å². The Hall–Kier alpha value is -1.37. The number of hydrogen-bond donors (Lipinski definition) is 0. The first-order valence-electron chi connectivity index (χ1n) is 5.91. The van der Waals surface area contributed by atoms with Crippen LogP contribution in [-0.2, 0) is 9.47 Å². The zero-order chi connectivity index (χ0) is 14.0. The minimum Gasteiger partial charge on any atom is -0.444 e. The van der Waals surface area contributed by atoms with Crippen molar-refractivity contribution in [3.63, 3.8) is 0 Å². The zero-order valence-corrected chi connectivity index (χ0v) is 11.3. The summed E-state index contributed by atoms with van der Waals surface area (Å²) in [5.74, 6) is 0. The molecule has 0 radical (unpaired) electrons. The normalized spacial score (nSPS) is 18.1. The maximum atomic E-state index is 11.7. The van der Waals surface area contributed by atoms with Gasteiger partial charge in [-0.1, -0.05) is 0 Å². The number of hydrogen-bond acceptors (Lipinski definition) is 5. The Morgan fingerprint density at radius 3 is 2.39 bits per heavy atom. The van der Waals surface area contributed by atoms with Gasteiger partial charge >= 0.3 is 6.09 Å². The number of amides is 1. The third kappa shape index (κ3) is 3.83. The van der Waals surface area contributed by atoms with E-state index in [1.165, 1.54) is 4.90 Å². The van der Waals surface area contributed by atoms with E-state index in [2.05, 4.69) is 0 Å². The molecule has 0 bridgehead atoms. The molecule has 0 aromatic heterocycles. The molecule has 0 atom stereocenters. The summed E-state index contributed by atoms with van der Waals surface area (Å²) in [7, 11) is 0. The van der Waals surface area contributed by atoms with E-state index in [1.54, 1.807) is 27.7 Å². The molecule has 1 fully saturated rings. The van der Waals surface area contributed by atoms with Crippen LogP contribution in [-0.4, -0.2) is 53.4 Å². The van der Waals surface area contributed by atoms with Gasteiger partial charge in [-0.25, -0.2) is 4.79 Å². The van der Waals surface area contributed by atoms with Gasteiger partial charge in [0.2, 0.25) is 6.54 Å². The Bertz CT molecular complexity index is 331. The average Bonchev–Trinajstić information content (AvgIpc) is 2.09. The van der Waals surface area contributed by atoms with Crippen LogP contribution in [0.4, 0.5) is 4.79 Å². The van der Waals surface area contributed by atoms with E-state index in [9.17, 15) is 14.9 Å². The number of carbonyl (C=O) groups is 1. The molecular formula is C11H20N2O5. The van der Waals surface area contributed by atoms with E-state index in [0.29, 0.717) is 6.61 Å². The van der Waals surface area contributed by atoms with E-state index in [-0.39, 0.29) is 19.6 Å². The SMILES string of the molecule is CCOC1(C[N+](=O)[O-])CN(C(=O)OC(C)(C)C)C1. The van der Waals surface area contributed by atoms with E-state index < -0.39 is 22.2 Å². The summed E-state index contributed by atoms with van der Waals surface area (Å²) >= 11 is 0. The lowest BCUT2D eigenvalue weighted by molar-refractivity contribution is -0.507. The van der Waals surface area contributed by atoms with Gasteiger partial charge in [0.05, 0.1) is 13.1 Å². The molecule has 0 unspecified atom stereocenters. The second-order valence-electron chi connectivity index (χ2n) is 5.44. The third-order valence-corrected chi connectivity index (χ3v) is 2.48. The monoisotopic (exact) mass is 260 g/mol. The molecule has 1 amide bonds. The quantitative estimate of drug-likeness (QED) is 0.562. The van der Waals surface area contributed by atoms with Crippen LogP contribution >= 0.6 is 0 Å². The number of nitro groups is 1. The fraction of sp³-hybridized carbons (Fsp3) is 0.909. The largest absolute Gasteiger partial charge is 0.444 e. The first-order valence-corrected chi connectivity index (χ1v) is 5.91. The number of rotatable bonds is 4. The van der Waals surface area contributed by atoms with Crippen molar-refractivity contribution in [3.8, 4) is 0 Å². The minimum atomic E-state index is -0.852. The molecule has 0 aromatic carbocycles. The number of nitrogens with zero attached hydrogens (tertiary/aromatic N) is 2. The van der Waals surface area contributed by atoms with E-state index in [4.69, 9.17) is 9.47 Å². The molecule has 7 heteroatoms. The predicted octanol–water partition coefficient (Wildman–Crippen LogP) is 1.29. The molecule has 0 spiro atoms. The lowest BCUT2D eigenvalue weighted by atomic mass is 9.94. The first-order chi connectivity index (χ1) is 8.17. The van der Waals surface area contributed by atoms with Crippen molar-refractivity contribution in [2.45, 2.75) is 38.9 Å². The Morgan fingerprint density at radius 2 is 2.00 bits per heavy atom. The molecule has 1 heterocycles. The molecule has 1 aliphatic heterocycles. The maximum Gasteiger partial charge on any atom is 0.410 e. The predicted molar refractivity (Wildman–Crippen MR) is 64.0 cm³/mol. The highest BCUT2D eigenvalue weighted by Gasteiger charge is 2.51. The summed E-state index contributed by atoms with van der Waals surface area (Å²) in [5.41, 5.74) is -1.42. The van der Waals surface area contributed by atoms with E-state index >= 15 is 0 Å². The van der Waals surface area contributed by atoms with Crippen LogP contribution in [0.15, 0.2) is 0 Å². The molecule has 1 aliphatic rings. The Balaban J connectivity index is 2.53. The van der Waals surface area contributed by atoms with Crippen LogP contribution in [0.1, 0.15) is 27.7 Å². The zero-order valence-electron chi connectivity index (χ0n) is 11.3. The summed E-state index contributed by atoms with van der Waals surface area (Å²) < 4.78 is 10.6. The molecule has 104 valence electrons. The van der Waals surface area contributed by atoms with Gasteiger partial charge in [0.15, 0.2) is 5.60 Å². The lowest BCUT2D eigenvalue weighted by Crippen LogP contribution is -2.68. The van der Waals surface area contributed by atoms with Crippen molar-refractivity contribution in [3.05, 3.63) is 10.1 Å². The van der Waals surface area contributed by atoms with Gasteiger partial charge in [0.25, 0.3) is 0 Å². The standard InChI is InChI=1S/C11H20N2O5/c1-5-17-11(8-13(15)16)6-12(7-11)9(14)18-10(2,3)4/h5-8H2,1-4H3. The summed E-state index contributed by atoms with van der Waals surface area (Å²) in [6, 6.07) is 0. The van der Waals surface area contributed by atoms with Crippen LogP contribution in [0.3, 0.4) is 0 Å². The van der Waals surface area contributed by atoms with Crippen molar-refractivity contribution < 1.29 is 19.2 Å². The topological polar surface area (TPSA) is 81.9 Å². The molecule has 1 rings (SSSR count). The van der Waals surface area contributed by atoms with Crippen LogP contribution in [0.5, 0.6) is 0 Å². The molecular weight excluding hydrogens is 240 g/mol. The van der Waals surface area contributed by atoms with Crippen LogP contribution in [0.2, 0.25) is 0 Å². The van der Waals surface area contributed by atoms with Crippen molar-refractivity contribution in [2.75, 3.05) is 26.2 Å². The van der Waals surface area contributed by atoms with Gasteiger partial charge in [-0.3, -0.25) is 10.1 Å². The summed E-state index contributed by atoms with van der Waals surface area (Å²) in [5, 5.41) is 10.6. The fourth-order valence-electron chi connectivity index (χ4n) is 1.88. The number of carbonyl (C=O) groups excluding carboxylic acids is 1. The van der Waals surface area contributed by atoms with Crippen LogP contribution in [0, 0.1) is 10.1 Å². The van der Waals surface area contributed by atoms with Crippen LogP contribution < -0.4 is 0 Å². The van der Waals surface area contributed by atoms with Crippen molar-refractivity contribution in [2.24, 2.45) is 0 Å². The fourth-order valence-corrected chi connectivity index (χ4v) is 1.88. The van der Waals surface area contributed by atoms with Crippen molar-refractivity contribution in [1.82, 2.24) is 4.90 Å². The van der Waals surface area contributed by atoms with Gasteiger partial charge in [0.1, 0.15) is 5.60 Å². The molecule has 7 nitrogen and oxygen atoms in total. The second-order valence-corrected chi connectivity index (χ2v) is 5.44. The molecule has 18 heavy (non-hydrogen) atoms. The number of likely N-dealkylation sites (tertiary alicyclic amines) is 1. The summed E-state index contributed by atoms with van der Waals surface area (Å²) in [6.07, 6.45) is -0.457. The summed E-state index contributed by atoms with van der Waals surface area (Å²) in [6.45, 7) is 7.61. The summed E-state index contributed by atoms with van der Waals surface area (Å²) in [4.78, 5) is 23.3. The smallest absolute Gasteiger partial charge is 0.410 e. The highest BCUT2D eigenvalue weighted by atomic mass is 16.6. The maximum absolute atomic E-state index is 11.7. The first kappa shape index (κ1) is 14.7. The molecule has 0 N–H and O–H groups in total. The average molecular weight is 260 g/mol. The lowest BCUT2D eigenvalue weighted by Gasteiger charge is -2.46. The van der Waals surface area contributed by atoms with Gasteiger partial charge in [-0.15, -0.1) is 0 Å². The number of ether oxygens (including phenoxy) is 2. The van der Waals surface area contributed by atoms with Gasteiger partial charge in [-0.05, 0) is 27.7 Å². The second kappa shape index (κ2) is 5.09. The molecule has 0 saturated carbocycles. The van der Waals surface area contributed by atoms with Crippen LogP contribution in [0.25, 0.3) is 0 Å². The Morgan fingerprint density at radius 1 is 1.44 bits per heavy atom. The van der Waals surface area contributed by atoms with Crippen molar-refractivity contribution in [1.29, 1.82) is 0 Å². The van der Waals surface area contributed by atoms with E-state index in [0.717, 1.165) is 0 Å². The van der Waals surface area contributed by atoms with Crippen molar-refractivity contribution >= 4 is 6.09 Å².